The zero-order valence-corrected chi connectivity index (χ0v) is 15.2. The van der Waals surface area contributed by atoms with E-state index in [1.54, 1.807) is 22.5 Å². The van der Waals surface area contributed by atoms with Crippen LogP contribution < -0.4 is 10.1 Å². The fraction of sp³-hybridized carbons (Fsp3) is 0.538. The quantitative estimate of drug-likeness (QED) is 0.824. The number of nitrogens with zero attached hydrogens (tertiary/aromatic N) is 1. The number of nitrogens with one attached hydrogen (secondary N) is 1. The highest BCUT2D eigenvalue weighted by Gasteiger charge is 2.32. The summed E-state index contributed by atoms with van der Waals surface area (Å²) in [4.78, 5) is 0.280. The molecule has 0 spiro atoms. The molecule has 0 radical (unpaired) electrons. The van der Waals surface area contributed by atoms with Crippen LogP contribution in [0.4, 0.5) is 0 Å². The monoisotopic (exact) mass is 398 g/mol. The zero-order chi connectivity index (χ0) is 14.8. The van der Waals surface area contributed by atoms with E-state index in [4.69, 9.17) is 4.74 Å². The van der Waals surface area contributed by atoms with Crippen LogP contribution in [0.1, 0.15) is 6.42 Å². The van der Waals surface area contributed by atoms with Gasteiger partial charge in [0, 0.05) is 19.2 Å². The molecule has 0 bridgehead atoms. The van der Waals surface area contributed by atoms with Crippen LogP contribution in [-0.2, 0) is 10.0 Å². The molecule has 5 nitrogen and oxygen atoms in total. The topological polar surface area (TPSA) is 58.6 Å². The third-order valence-electron chi connectivity index (χ3n) is 3.50. The van der Waals surface area contributed by atoms with Crippen molar-refractivity contribution in [3.8, 4) is 5.75 Å². The summed E-state index contributed by atoms with van der Waals surface area (Å²) < 4.78 is 32.7. The third-order valence-corrected chi connectivity index (χ3v) is 6.02. The molecule has 0 aliphatic carbocycles. The van der Waals surface area contributed by atoms with Gasteiger partial charge < -0.3 is 10.1 Å². The van der Waals surface area contributed by atoms with Crippen molar-refractivity contribution in [3.05, 3.63) is 22.7 Å². The van der Waals surface area contributed by atoms with Crippen molar-refractivity contribution in [3.63, 3.8) is 0 Å². The Morgan fingerprint density at radius 2 is 2.19 bits per heavy atom. The normalized spacial score (nSPS) is 19.3. The second kappa shape index (κ2) is 7.78. The summed E-state index contributed by atoms with van der Waals surface area (Å²) in [5, 5.41) is 3.10. The molecule has 2 rings (SSSR count). The molecule has 0 aromatic heterocycles. The first kappa shape index (κ1) is 18.7. The fourth-order valence-corrected chi connectivity index (χ4v) is 4.38. The van der Waals surface area contributed by atoms with E-state index in [1.807, 2.05) is 7.05 Å². The van der Waals surface area contributed by atoms with Crippen LogP contribution in [0.2, 0.25) is 0 Å². The average Bonchev–Trinajstić information content (AvgIpc) is 2.89. The lowest BCUT2D eigenvalue weighted by Crippen LogP contribution is -2.30. The van der Waals surface area contributed by atoms with Crippen molar-refractivity contribution in [2.75, 3.05) is 33.8 Å². The van der Waals surface area contributed by atoms with Gasteiger partial charge in [-0.15, -0.1) is 12.4 Å². The van der Waals surface area contributed by atoms with Gasteiger partial charge in [-0.2, -0.15) is 4.31 Å². The van der Waals surface area contributed by atoms with E-state index in [0.717, 1.165) is 17.4 Å². The van der Waals surface area contributed by atoms with Crippen molar-refractivity contribution in [1.82, 2.24) is 9.62 Å². The summed E-state index contributed by atoms with van der Waals surface area (Å²) in [6.45, 7) is 1.99. The number of benzene rings is 1. The van der Waals surface area contributed by atoms with Gasteiger partial charge in [-0.05, 0) is 54.0 Å². The Morgan fingerprint density at radius 1 is 1.48 bits per heavy atom. The van der Waals surface area contributed by atoms with E-state index in [2.05, 4.69) is 21.2 Å². The third kappa shape index (κ3) is 4.10. The Kier molecular flexibility index (Phi) is 6.93. The van der Waals surface area contributed by atoms with E-state index in [0.29, 0.717) is 24.8 Å². The van der Waals surface area contributed by atoms with Gasteiger partial charge in [0.05, 0.1) is 16.5 Å². The molecule has 1 heterocycles. The number of methoxy groups -OCH3 is 1. The Labute approximate surface area is 140 Å². The lowest BCUT2D eigenvalue weighted by molar-refractivity contribution is 0.409. The van der Waals surface area contributed by atoms with E-state index in [9.17, 15) is 8.42 Å². The van der Waals surface area contributed by atoms with Gasteiger partial charge in [-0.1, -0.05) is 0 Å². The van der Waals surface area contributed by atoms with Crippen LogP contribution >= 0.6 is 28.3 Å². The molecular formula is C13H20BrClN2O3S. The predicted molar refractivity (Wildman–Crippen MR) is 88.7 cm³/mol. The van der Waals surface area contributed by atoms with Gasteiger partial charge in [-0.25, -0.2) is 8.42 Å². The molecule has 0 saturated carbocycles. The summed E-state index contributed by atoms with van der Waals surface area (Å²) in [5.41, 5.74) is 0. The largest absolute Gasteiger partial charge is 0.496 e. The number of hydrogen-bond donors (Lipinski definition) is 1. The van der Waals surface area contributed by atoms with Gasteiger partial charge in [0.25, 0.3) is 0 Å². The zero-order valence-electron chi connectivity index (χ0n) is 12.0. The maximum Gasteiger partial charge on any atom is 0.243 e. The molecular weight excluding hydrogens is 380 g/mol. The van der Waals surface area contributed by atoms with Crippen molar-refractivity contribution in [1.29, 1.82) is 0 Å². The number of rotatable bonds is 5. The average molecular weight is 400 g/mol. The molecule has 1 saturated heterocycles. The highest BCUT2D eigenvalue weighted by molar-refractivity contribution is 9.10. The van der Waals surface area contributed by atoms with Crippen LogP contribution in [0.3, 0.4) is 0 Å². The highest BCUT2D eigenvalue weighted by atomic mass is 79.9. The molecule has 1 aliphatic heterocycles. The Hall–Kier alpha value is -0.340. The standard InChI is InChI=1S/C13H19BrN2O3S.ClH/c1-15-8-10-5-6-16(9-10)20(17,18)11-3-4-12(14)13(7-11)19-2;/h3-4,7,10,15H,5-6,8-9H2,1-2H3;1H. The summed E-state index contributed by atoms with van der Waals surface area (Å²) in [6.07, 6.45) is 0.897. The lowest BCUT2D eigenvalue weighted by Gasteiger charge is -2.17. The number of ether oxygens (including phenoxy) is 1. The minimum absolute atomic E-state index is 0. The predicted octanol–water partition coefficient (Wildman–Crippen LogP) is 2.11. The van der Waals surface area contributed by atoms with Gasteiger partial charge in [-0.3, -0.25) is 0 Å². The summed E-state index contributed by atoms with van der Waals surface area (Å²) in [7, 11) is -0.0258. The Morgan fingerprint density at radius 3 is 2.81 bits per heavy atom. The minimum atomic E-state index is -3.43. The molecule has 0 amide bonds. The summed E-state index contributed by atoms with van der Waals surface area (Å²) in [6, 6.07) is 4.87. The molecule has 120 valence electrons. The van der Waals surface area contributed by atoms with Crippen LogP contribution in [-0.4, -0.2) is 46.5 Å². The van der Waals surface area contributed by atoms with E-state index >= 15 is 0 Å². The maximum absolute atomic E-state index is 12.6. The smallest absolute Gasteiger partial charge is 0.243 e. The maximum atomic E-state index is 12.6. The first-order valence-corrected chi connectivity index (χ1v) is 8.70. The van der Waals surface area contributed by atoms with Crippen LogP contribution in [0.15, 0.2) is 27.6 Å². The molecule has 1 aromatic rings. The van der Waals surface area contributed by atoms with E-state index < -0.39 is 10.0 Å². The van der Waals surface area contributed by atoms with Gasteiger partial charge in [0.1, 0.15) is 5.75 Å². The second-order valence-corrected chi connectivity index (χ2v) is 7.66. The van der Waals surface area contributed by atoms with Gasteiger partial charge in [0.2, 0.25) is 10.0 Å². The first-order valence-electron chi connectivity index (χ1n) is 6.47. The van der Waals surface area contributed by atoms with Gasteiger partial charge in [0.15, 0.2) is 0 Å². The lowest BCUT2D eigenvalue weighted by atomic mass is 10.1. The molecule has 21 heavy (non-hydrogen) atoms. The second-order valence-electron chi connectivity index (χ2n) is 4.87. The molecule has 1 N–H and O–H groups in total. The van der Waals surface area contributed by atoms with Gasteiger partial charge >= 0.3 is 0 Å². The van der Waals surface area contributed by atoms with Crippen LogP contribution in [0, 0.1) is 5.92 Å². The Balaban J connectivity index is 0.00000220. The van der Waals surface area contributed by atoms with Crippen molar-refractivity contribution >= 4 is 38.4 Å². The van der Waals surface area contributed by atoms with Crippen molar-refractivity contribution in [2.45, 2.75) is 11.3 Å². The molecule has 1 unspecified atom stereocenters. The molecule has 1 aliphatic rings. The SMILES string of the molecule is CNCC1CCN(S(=O)(=O)c2ccc(Br)c(OC)c2)C1.Cl. The first-order chi connectivity index (χ1) is 9.48. The van der Waals surface area contributed by atoms with Crippen molar-refractivity contribution < 1.29 is 13.2 Å². The van der Waals surface area contributed by atoms with Crippen molar-refractivity contribution in [2.24, 2.45) is 5.92 Å². The molecule has 1 fully saturated rings. The summed E-state index contributed by atoms with van der Waals surface area (Å²) >= 11 is 3.33. The summed E-state index contributed by atoms with van der Waals surface area (Å²) in [5.74, 6) is 0.907. The van der Waals surface area contributed by atoms with Crippen LogP contribution in [0.25, 0.3) is 0 Å². The number of halogens is 2. The van der Waals surface area contributed by atoms with Crippen LogP contribution in [0.5, 0.6) is 5.75 Å². The number of hydrogen-bond acceptors (Lipinski definition) is 4. The molecule has 1 aromatic carbocycles. The minimum Gasteiger partial charge on any atom is -0.496 e. The Bertz CT molecular complexity index is 583. The van der Waals surface area contributed by atoms with E-state index in [1.165, 1.54) is 7.11 Å². The number of sulfonamides is 1. The highest BCUT2D eigenvalue weighted by Crippen LogP contribution is 2.30. The molecule has 8 heteroatoms. The van der Waals surface area contributed by atoms with E-state index in [-0.39, 0.29) is 17.3 Å². The molecule has 1 atom stereocenters. The fourth-order valence-electron chi connectivity index (χ4n) is 2.42.